The summed E-state index contributed by atoms with van der Waals surface area (Å²) in [7, 11) is -2.73. The van der Waals surface area contributed by atoms with E-state index in [9.17, 15) is 22.9 Å². The lowest BCUT2D eigenvalue weighted by Gasteiger charge is -2.25. The molecule has 0 radical (unpaired) electrons. The molecule has 7 nitrogen and oxygen atoms in total. The van der Waals surface area contributed by atoms with Crippen LogP contribution in [0, 0.1) is 17.1 Å². The minimum atomic E-state index is -4.20. The monoisotopic (exact) mass is 501 g/mol. The highest BCUT2D eigenvalue weighted by atomic mass is 35.5. The molecular formula is C24H21ClFN3O4S. The van der Waals surface area contributed by atoms with Gasteiger partial charge in [0.1, 0.15) is 5.82 Å². The smallest absolute Gasteiger partial charge is 0.264 e. The highest BCUT2D eigenvalue weighted by Gasteiger charge is 2.27. The second kappa shape index (κ2) is 11.1. The number of amides is 1. The summed E-state index contributed by atoms with van der Waals surface area (Å²) in [6.45, 7) is 0.277. The van der Waals surface area contributed by atoms with Gasteiger partial charge in [0.25, 0.3) is 15.9 Å². The number of ether oxygens (including phenoxy) is 1. The Kier molecular flexibility index (Phi) is 8.23. The Bertz CT molecular complexity index is 1320. The Morgan fingerprint density at radius 1 is 1.15 bits per heavy atom. The normalized spacial score (nSPS) is 11.0. The lowest BCUT2D eigenvalue weighted by atomic mass is 10.1. The van der Waals surface area contributed by atoms with Gasteiger partial charge in [-0.15, -0.1) is 0 Å². The second-order valence-corrected chi connectivity index (χ2v) is 9.49. The molecule has 1 N–H and O–H groups in total. The van der Waals surface area contributed by atoms with Crippen molar-refractivity contribution in [3.05, 3.63) is 94.3 Å². The predicted octanol–water partition coefficient (Wildman–Crippen LogP) is 4.12. The molecule has 0 unspecified atom stereocenters. The number of rotatable bonds is 9. The summed E-state index contributed by atoms with van der Waals surface area (Å²) < 4.78 is 47.7. The van der Waals surface area contributed by atoms with Crippen LogP contribution in [0.3, 0.4) is 0 Å². The van der Waals surface area contributed by atoms with Gasteiger partial charge >= 0.3 is 0 Å². The van der Waals surface area contributed by atoms with Crippen LogP contribution in [0.15, 0.2) is 71.6 Å². The summed E-state index contributed by atoms with van der Waals surface area (Å²) in [6, 6.07) is 17.6. The van der Waals surface area contributed by atoms with Crippen molar-refractivity contribution >= 4 is 33.2 Å². The maximum atomic E-state index is 14.5. The van der Waals surface area contributed by atoms with Gasteiger partial charge in [0.05, 0.1) is 40.9 Å². The van der Waals surface area contributed by atoms with E-state index < -0.39 is 21.7 Å². The molecule has 0 fully saturated rings. The van der Waals surface area contributed by atoms with E-state index in [1.807, 2.05) is 6.07 Å². The van der Waals surface area contributed by atoms with Crippen molar-refractivity contribution in [3.8, 4) is 6.07 Å². The van der Waals surface area contributed by atoms with Crippen molar-refractivity contribution in [2.75, 3.05) is 24.6 Å². The predicted molar refractivity (Wildman–Crippen MR) is 127 cm³/mol. The zero-order chi connectivity index (χ0) is 24.7. The van der Waals surface area contributed by atoms with Gasteiger partial charge in [-0.25, -0.2) is 12.8 Å². The molecule has 3 rings (SSSR count). The third kappa shape index (κ3) is 5.91. The summed E-state index contributed by atoms with van der Waals surface area (Å²) in [5, 5.41) is 12.2. The van der Waals surface area contributed by atoms with Crippen LogP contribution in [0.4, 0.5) is 10.1 Å². The van der Waals surface area contributed by atoms with Crippen molar-refractivity contribution in [2.45, 2.75) is 11.4 Å². The number of nitrogens with zero attached hydrogens (tertiary/aromatic N) is 2. The van der Waals surface area contributed by atoms with Gasteiger partial charge in [0.15, 0.2) is 0 Å². The van der Waals surface area contributed by atoms with E-state index in [4.69, 9.17) is 16.3 Å². The molecule has 0 atom stereocenters. The van der Waals surface area contributed by atoms with Gasteiger partial charge < -0.3 is 10.1 Å². The maximum Gasteiger partial charge on any atom is 0.264 e. The van der Waals surface area contributed by atoms with Crippen LogP contribution in [0.2, 0.25) is 5.02 Å². The first-order valence-corrected chi connectivity index (χ1v) is 11.9. The second-order valence-electron chi connectivity index (χ2n) is 7.19. The number of nitrogens with one attached hydrogen (secondary N) is 1. The highest BCUT2D eigenvalue weighted by Crippen LogP contribution is 2.28. The van der Waals surface area contributed by atoms with Gasteiger partial charge in [0, 0.05) is 18.7 Å². The third-order valence-electron chi connectivity index (χ3n) is 4.86. The van der Waals surface area contributed by atoms with Crippen molar-refractivity contribution in [3.63, 3.8) is 0 Å². The Hall–Kier alpha value is -3.45. The van der Waals surface area contributed by atoms with Crippen molar-refractivity contribution < 1.29 is 22.3 Å². The van der Waals surface area contributed by atoms with Crippen LogP contribution in [0.5, 0.6) is 0 Å². The van der Waals surface area contributed by atoms with Crippen LogP contribution in [-0.2, 0) is 21.3 Å². The number of hydrogen-bond donors (Lipinski definition) is 1. The first-order chi connectivity index (χ1) is 16.3. The first kappa shape index (κ1) is 25.2. The number of anilines is 1. The van der Waals surface area contributed by atoms with E-state index in [1.54, 1.807) is 24.3 Å². The number of methoxy groups -OCH3 is 1. The SMILES string of the molecule is COCCNC(=O)c1cc(N(Cc2ccc(Cl)cc2)S(=O)(=O)c2cccc(C#N)c2)ccc1F. The summed E-state index contributed by atoms with van der Waals surface area (Å²) in [5.41, 5.74) is 0.552. The quantitative estimate of drug-likeness (QED) is 0.444. The van der Waals surface area contributed by atoms with E-state index in [2.05, 4.69) is 5.32 Å². The number of benzene rings is 3. The number of carbonyl (C=O) groups is 1. The van der Waals surface area contributed by atoms with E-state index in [0.29, 0.717) is 10.6 Å². The average molecular weight is 502 g/mol. The van der Waals surface area contributed by atoms with Crippen molar-refractivity contribution in [2.24, 2.45) is 0 Å². The number of sulfonamides is 1. The minimum absolute atomic E-state index is 0.0793. The van der Waals surface area contributed by atoms with Crippen molar-refractivity contribution in [1.29, 1.82) is 5.26 Å². The van der Waals surface area contributed by atoms with Gasteiger partial charge in [-0.2, -0.15) is 5.26 Å². The van der Waals surface area contributed by atoms with Crippen molar-refractivity contribution in [1.82, 2.24) is 5.32 Å². The maximum absolute atomic E-state index is 14.5. The van der Waals surface area contributed by atoms with Gasteiger partial charge in [0.2, 0.25) is 0 Å². The molecule has 1 amide bonds. The molecule has 0 aliphatic carbocycles. The molecule has 0 saturated heterocycles. The summed E-state index contributed by atoms with van der Waals surface area (Å²) in [4.78, 5) is 12.4. The Labute approximate surface area is 202 Å². The van der Waals surface area contributed by atoms with E-state index in [-0.39, 0.29) is 41.4 Å². The molecular weight excluding hydrogens is 481 g/mol. The zero-order valence-corrected chi connectivity index (χ0v) is 19.7. The number of hydrogen-bond acceptors (Lipinski definition) is 5. The molecule has 3 aromatic carbocycles. The standard InChI is InChI=1S/C24H21ClFN3O4S/c1-33-12-11-28-24(30)22-14-20(9-10-23(22)26)29(16-17-5-7-19(25)8-6-17)34(31,32)21-4-2-3-18(13-21)15-27/h2-10,13-14H,11-12,16H2,1H3,(H,28,30). The van der Waals surface area contributed by atoms with E-state index in [1.165, 1.54) is 43.5 Å². The van der Waals surface area contributed by atoms with Crippen LogP contribution < -0.4 is 9.62 Å². The van der Waals surface area contributed by atoms with E-state index >= 15 is 0 Å². The average Bonchev–Trinajstić information content (AvgIpc) is 2.84. The fourth-order valence-corrected chi connectivity index (χ4v) is 4.75. The first-order valence-electron chi connectivity index (χ1n) is 10.1. The largest absolute Gasteiger partial charge is 0.383 e. The fraction of sp³-hybridized carbons (Fsp3) is 0.167. The number of carbonyl (C=O) groups excluding carboxylic acids is 1. The summed E-state index contributed by atoms with van der Waals surface area (Å²) in [6.07, 6.45) is 0. The Balaban J connectivity index is 2.08. The molecule has 0 bridgehead atoms. The van der Waals surface area contributed by atoms with Crippen LogP contribution >= 0.6 is 11.6 Å². The van der Waals surface area contributed by atoms with Crippen LogP contribution in [-0.4, -0.2) is 34.6 Å². The molecule has 0 heterocycles. The molecule has 0 aliphatic heterocycles. The molecule has 0 spiro atoms. The summed E-state index contributed by atoms with van der Waals surface area (Å²) in [5.74, 6) is -1.50. The number of nitriles is 1. The lowest BCUT2D eigenvalue weighted by molar-refractivity contribution is 0.0933. The molecule has 3 aromatic rings. The van der Waals surface area contributed by atoms with E-state index in [0.717, 1.165) is 10.4 Å². The highest BCUT2D eigenvalue weighted by molar-refractivity contribution is 7.92. The Morgan fingerprint density at radius 3 is 2.56 bits per heavy atom. The van der Waals surface area contributed by atoms with Gasteiger partial charge in [-0.3, -0.25) is 9.10 Å². The Morgan fingerprint density at radius 2 is 1.88 bits per heavy atom. The molecule has 10 heteroatoms. The number of halogens is 2. The fourth-order valence-electron chi connectivity index (χ4n) is 3.13. The van der Waals surface area contributed by atoms with Crippen LogP contribution in [0.25, 0.3) is 0 Å². The third-order valence-corrected chi connectivity index (χ3v) is 6.89. The lowest BCUT2D eigenvalue weighted by Crippen LogP contribution is -2.32. The molecule has 34 heavy (non-hydrogen) atoms. The molecule has 176 valence electrons. The summed E-state index contributed by atoms with van der Waals surface area (Å²) >= 11 is 5.95. The molecule has 0 saturated carbocycles. The van der Waals surface area contributed by atoms with Crippen LogP contribution in [0.1, 0.15) is 21.5 Å². The van der Waals surface area contributed by atoms with Gasteiger partial charge in [-0.1, -0.05) is 29.8 Å². The molecule has 0 aromatic heterocycles. The molecule has 0 aliphatic rings. The minimum Gasteiger partial charge on any atom is -0.383 e. The zero-order valence-electron chi connectivity index (χ0n) is 18.2. The topological polar surface area (TPSA) is 99.5 Å². The van der Waals surface area contributed by atoms with Gasteiger partial charge in [-0.05, 0) is 54.1 Å².